The number of hydrogen-bond donors (Lipinski definition) is 2. The maximum atomic E-state index is 12.8. The van der Waals surface area contributed by atoms with Crippen molar-refractivity contribution in [1.82, 2.24) is 4.90 Å². The molecule has 4 nitrogen and oxygen atoms in total. The Balaban J connectivity index is 1.68. The van der Waals surface area contributed by atoms with Crippen molar-refractivity contribution in [1.29, 1.82) is 0 Å². The Morgan fingerprint density at radius 3 is 2.62 bits per heavy atom. The molecule has 8 atom stereocenters. The number of nitrogens with zero attached hydrogens (tertiary/aromatic N) is 1. The summed E-state index contributed by atoms with van der Waals surface area (Å²) >= 11 is 0. The van der Waals surface area contributed by atoms with Crippen molar-refractivity contribution in [3.05, 3.63) is 11.6 Å². The van der Waals surface area contributed by atoms with E-state index in [4.69, 9.17) is 0 Å². The molecule has 4 rings (SSSR count). The van der Waals surface area contributed by atoms with Gasteiger partial charge < -0.3 is 15.1 Å². The summed E-state index contributed by atoms with van der Waals surface area (Å²) in [5.41, 5.74) is 1.31. The lowest BCUT2D eigenvalue weighted by Gasteiger charge is -2.59. The third-order valence-corrected chi connectivity index (χ3v) is 8.75. The first kappa shape index (κ1) is 18.5. The molecule has 146 valence electrons. The molecular formula is C22H35NO3. The van der Waals surface area contributed by atoms with Gasteiger partial charge in [-0.15, -0.1) is 0 Å². The lowest BCUT2D eigenvalue weighted by Crippen LogP contribution is -2.57. The predicted molar refractivity (Wildman–Crippen MR) is 101 cm³/mol. The topological polar surface area (TPSA) is 60.8 Å². The quantitative estimate of drug-likeness (QED) is 0.706. The molecule has 0 spiro atoms. The van der Waals surface area contributed by atoms with Crippen LogP contribution in [0.3, 0.4) is 0 Å². The molecule has 0 saturated heterocycles. The molecule has 0 aromatic heterocycles. The Labute approximate surface area is 157 Å². The maximum Gasteiger partial charge on any atom is 0.225 e. The molecule has 26 heavy (non-hydrogen) atoms. The Bertz CT molecular complexity index is 629. The first-order valence-electron chi connectivity index (χ1n) is 10.5. The van der Waals surface area contributed by atoms with E-state index in [0.717, 1.165) is 44.9 Å². The molecular weight excluding hydrogens is 326 g/mol. The van der Waals surface area contributed by atoms with Crippen LogP contribution in [0.25, 0.3) is 0 Å². The highest BCUT2D eigenvalue weighted by Crippen LogP contribution is 2.66. The molecule has 1 amide bonds. The van der Waals surface area contributed by atoms with E-state index in [0.29, 0.717) is 11.8 Å². The first-order valence-corrected chi connectivity index (χ1v) is 10.5. The number of allylic oxidation sites excluding steroid dienone is 1. The highest BCUT2D eigenvalue weighted by Gasteiger charge is 2.62. The molecule has 0 aliphatic heterocycles. The van der Waals surface area contributed by atoms with Crippen LogP contribution in [-0.4, -0.2) is 47.3 Å². The summed E-state index contributed by atoms with van der Waals surface area (Å²) in [6.45, 7) is 4.59. The van der Waals surface area contributed by atoms with Crippen LogP contribution in [0.2, 0.25) is 0 Å². The van der Waals surface area contributed by atoms with Crippen LogP contribution in [0.4, 0.5) is 0 Å². The largest absolute Gasteiger partial charge is 0.393 e. The molecule has 0 radical (unpaired) electrons. The minimum absolute atomic E-state index is 0.0204. The molecule has 1 unspecified atom stereocenters. The van der Waals surface area contributed by atoms with E-state index in [2.05, 4.69) is 19.9 Å². The summed E-state index contributed by atoms with van der Waals surface area (Å²) in [5.74, 6) is 1.55. The minimum Gasteiger partial charge on any atom is -0.393 e. The summed E-state index contributed by atoms with van der Waals surface area (Å²) in [4.78, 5) is 14.5. The summed E-state index contributed by atoms with van der Waals surface area (Å²) in [6, 6.07) is 0. The SMILES string of the molecule is CN(C)C(=O)[C@H]1CC[C@H]2[C@@H]3CC=C4CC(O)CC[C@]4(C)[C@H]3[C@@H](O)C[C@]12C. The van der Waals surface area contributed by atoms with Crippen molar-refractivity contribution in [3.63, 3.8) is 0 Å². The van der Waals surface area contributed by atoms with Crippen molar-refractivity contribution in [2.24, 2.45) is 34.5 Å². The van der Waals surface area contributed by atoms with Crippen molar-refractivity contribution < 1.29 is 15.0 Å². The van der Waals surface area contributed by atoms with Gasteiger partial charge in [0.15, 0.2) is 0 Å². The summed E-state index contributed by atoms with van der Waals surface area (Å²) < 4.78 is 0. The molecule has 4 aliphatic rings. The van der Waals surface area contributed by atoms with E-state index in [1.807, 2.05) is 14.1 Å². The van der Waals surface area contributed by atoms with Gasteiger partial charge in [-0.25, -0.2) is 0 Å². The number of aliphatic hydroxyl groups is 2. The molecule has 0 heterocycles. The minimum atomic E-state index is -0.347. The van der Waals surface area contributed by atoms with E-state index < -0.39 is 0 Å². The molecule has 0 aromatic rings. The zero-order valence-electron chi connectivity index (χ0n) is 16.7. The zero-order chi connectivity index (χ0) is 18.9. The van der Waals surface area contributed by atoms with Gasteiger partial charge in [0.2, 0.25) is 5.91 Å². The average molecular weight is 362 g/mol. The number of amides is 1. The van der Waals surface area contributed by atoms with E-state index in [9.17, 15) is 15.0 Å². The molecule has 3 fully saturated rings. The van der Waals surface area contributed by atoms with Crippen LogP contribution in [0.1, 0.15) is 58.8 Å². The lowest BCUT2D eigenvalue weighted by molar-refractivity contribution is -0.149. The molecule has 0 bridgehead atoms. The van der Waals surface area contributed by atoms with Gasteiger partial charge in [-0.3, -0.25) is 4.79 Å². The van der Waals surface area contributed by atoms with Crippen LogP contribution in [0, 0.1) is 34.5 Å². The highest BCUT2D eigenvalue weighted by molar-refractivity contribution is 5.79. The van der Waals surface area contributed by atoms with Crippen molar-refractivity contribution >= 4 is 5.91 Å². The molecule has 0 aromatic carbocycles. The number of fused-ring (bicyclic) bond motifs is 5. The second-order valence-electron chi connectivity index (χ2n) is 10.2. The third kappa shape index (κ3) is 2.44. The van der Waals surface area contributed by atoms with Gasteiger partial charge in [0, 0.05) is 20.0 Å². The number of aliphatic hydroxyl groups excluding tert-OH is 2. The molecule has 3 saturated carbocycles. The number of carbonyl (C=O) groups excluding carboxylic acids is 1. The summed E-state index contributed by atoms with van der Waals surface area (Å²) in [6.07, 6.45) is 8.22. The zero-order valence-corrected chi connectivity index (χ0v) is 16.7. The second-order valence-corrected chi connectivity index (χ2v) is 10.2. The van der Waals surface area contributed by atoms with Gasteiger partial charge in [-0.2, -0.15) is 0 Å². The summed E-state index contributed by atoms with van der Waals surface area (Å²) in [5, 5.41) is 21.4. The standard InChI is InChI=1S/C22H35NO3/c1-21-10-9-14(24)11-13(21)5-6-15-16-7-8-17(20(26)23(3)4)22(16,2)12-18(25)19(15)21/h5,14-19,24-25H,6-12H2,1-4H3/t14?,15-,16-,17+,18-,19+,21-,22-/m0/s1. The van der Waals surface area contributed by atoms with E-state index in [-0.39, 0.29) is 40.8 Å². The Kier molecular flexibility index (Phi) is 4.31. The van der Waals surface area contributed by atoms with Crippen molar-refractivity contribution in [2.45, 2.75) is 71.0 Å². The van der Waals surface area contributed by atoms with Crippen LogP contribution in [0.5, 0.6) is 0 Å². The number of carbonyl (C=O) groups is 1. The second kappa shape index (κ2) is 6.07. The van der Waals surface area contributed by atoms with Crippen LogP contribution < -0.4 is 0 Å². The molecule has 4 heteroatoms. The summed E-state index contributed by atoms with van der Waals surface area (Å²) in [7, 11) is 3.70. The van der Waals surface area contributed by atoms with Gasteiger partial charge in [-0.1, -0.05) is 25.5 Å². The molecule has 4 aliphatic carbocycles. The van der Waals surface area contributed by atoms with Crippen LogP contribution in [-0.2, 0) is 4.79 Å². The Morgan fingerprint density at radius 2 is 1.92 bits per heavy atom. The van der Waals surface area contributed by atoms with E-state index in [1.165, 1.54) is 5.57 Å². The predicted octanol–water partition coefficient (Wildman–Crippen LogP) is 2.99. The highest BCUT2D eigenvalue weighted by atomic mass is 16.3. The van der Waals surface area contributed by atoms with E-state index in [1.54, 1.807) is 4.90 Å². The van der Waals surface area contributed by atoms with Gasteiger partial charge in [-0.05, 0) is 73.5 Å². The van der Waals surface area contributed by atoms with Gasteiger partial charge in [0.25, 0.3) is 0 Å². The fourth-order valence-electron chi connectivity index (χ4n) is 7.49. The fraction of sp³-hybridized carbons (Fsp3) is 0.864. The van der Waals surface area contributed by atoms with Crippen molar-refractivity contribution in [3.8, 4) is 0 Å². The monoisotopic (exact) mass is 361 g/mol. The normalized spacial score (nSPS) is 50.3. The lowest BCUT2D eigenvalue weighted by atomic mass is 9.46. The van der Waals surface area contributed by atoms with Crippen LogP contribution >= 0.6 is 0 Å². The molecule has 2 N–H and O–H groups in total. The van der Waals surface area contributed by atoms with Crippen molar-refractivity contribution in [2.75, 3.05) is 14.1 Å². The smallest absolute Gasteiger partial charge is 0.225 e. The van der Waals surface area contributed by atoms with Gasteiger partial charge in [0.05, 0.1) is 12.2 Å². The Hall–Kier alpha value is -0.870. The number of rotatable bonds is 1. The fourth-order valence-corrected chi connectivity index (χ4v) is 7.49. The third-order valence-electron chi connectivity index (χ3n) is 8.75. The Morgan fingerprint density at radius 1 is 1.19 bits per heavy atom. The van der Waals surface area contributed by atoms with Crippen LogP contribution in [0.15, 0.2) is 11.6 Å². The maximum absolute atomic E-state index is 12.8. The van der Waals surface area contributed by atoms with Gasteiger partial charge in [0.1, 0.15) is 0 Å². The average Bonchev–Trinajstić information content (AvgIpc) is 2.90. The van der Waals surface area contributed by atoms with Gasteiger partial charge >= 0.3 is 0 Å². The first-order chi connectivity index (χ1) is 12.2. The number of hydrogen-bond acceptors (Lipinski definition) is 3. The van der Waals surface area contributed by atoms with E-state index >= 15 is 0 Å².